The van der Waals surface area contributed by atoms with Gasteiger partial charge < -0.3 is 20.3 Å². The molecule has 1 amide bonds. The number of hydrogen-bond acceptors (Lipinski definition) is 6. The van der Waals surface area contributed by atoms with Crippen molar-refractivity contribution in [1.82, 2.24) is 20.2 Å². The van der Waals surface area contributed by atoms with Crippen LogP contribution in [-0.4, -0.2) is 72.8 Å². The van der Waals surface area contributed by atoms with Crippen molar-refractivity contribution in [3.05, 3.63) is 59.3 Å². The number of carbonyl (C=O) groups excluding carboxylic acids is 1. The fourth-order valence-electron chi connectivity index (χ4n) is 4.81. The molecule has 0 unspecified atom stereocenters. The second-order valence-corrected chi connectivity index (χ2v) is 12.2. The summed E-state index contributed by atoms with van der Waals surface area (Å²) in [6.07, 6.45) is 3.20. The maximum Gasteiger partial charge on any atom is 0.251 e. The molecule has 194 valence electrons. The maximum absolute atomic E-state index is 13.3. The molecule has 8 nitrogen and oxygen atoms in total. The van der Waals surface area contributed by atoms with E-state index < -0.39 is 9.84 Å². The number of aliphatic hydroxyl groups excluding tert-OH is 1. The number of aromatic amines is 1. The third kappa shape index (κ3) is 4.86. The molecule has 4 aromatic rings. The molecule has 0 atom stereocenters. The van der Waals surface area contributed by atoms with E-state index in [2.05, 4.69) is 21.4 Å². The Bertz CT molecular complexity index is 1610. The van der Waals surface area contributed by atoms with Crippen LogP contribution in [0.3, 0.4) is 0 Å². The highest BCUT2D eigenvalue weighted by molar-refractivity contribution is 7.92. The van der Waals surface area contributed by atoms with Crippen molar-refractivity contribution < 1.29 is 18.3 Å². The van der Waals surface area contributed by atoms with Gasteiger partial charge in [-0.1, -0.05) is 12.1 Å². The number of hydrogen-bond donors (Lipinski definition) is 3. The molecule has 1 aliphatic carbocycles. The highest BCUT2D eigenvalue weighted by Gasteiger charge is 2.37. The van der Waals surface area contributed by atoms with E-state index in [9.17, 15) is 13.2 Å². The van der Waals surface area contributed by atoms with Gasteiger partial charge in [-0.3, -0.25) is 4.79 Å². The number of amides is 1. The van der Waals surface area contributed by atoms with Crippen LogP contribution in [0.15, 0.2) is 47.5 Å². The summed E-state index contributed by atoms with van der Waals surface area (Å²) in [6, 6.07) is 11.0. The minimum atomic E-state index is -3.37. The molecule has 2 heterocycles. The van der Waals surface area contributed by atoms with E-state index in [1.165, 1.54) is 0 Å². The highest BCUT2D eigenvalue weighted by atomic mass is 32.2. The van der Waals surface area contributed by atoms with Gasteiger partial charge in [0.15, 0.2) is 9.84 Å². The summed E-state index contributed by atoms with van der Waals surface area (Å²) in [5.74, 6) is -0.206. The summed E-state index contributed by atoms with van der Waals surface area (Å²) in [4.78, 5) is 23.5. The van der Waals surface area contributed by atoms with Gasteiger partial charge >= 0.3 is 0 Å². The fourth-order valence-corrected chi connectivity index (χ4v) is 6.51. The minimum absolute atomic E-state index is 0.0625. The lowest BCUT2D eigenvalue weighted by Gasteiger charge is -2.16. The molecule has 0 bridgehead atoms. The third-order valence-electron chi connectivity index (χ3n) is 7.07. The van der Waals surface area contributed by atoms with E-state index in [0.717, 1.165) is 44.2 Å². The van der Waals surface area contributed by atoms with E-state index in [0.29, 0.717) is 42.9 Å². The van der Waals surface area contributed by atoms with Crippen molar-refractivity contribution in [3.63, 3.8) is 0 Å². The zero-order valence-corrected chi connectivity index (χ0v) is 22.2. The van der Waals surface area contributed by atoms with Crippen molar-refractivity contribution in [3.8, 4) is 11.1 Å². The molecule has 1 fully saturated rings. The molecule has 2 aromatic heterocycles. The van der Waals surface area contributed by atoms with Crippen LogP contribution in [0.1, 0.15) is 34.3 Å². The van der Waals surface area contributed by atoms with Gasteiger partial charge in [-0.2, -0.15) is 0 Å². The van der Waals surface area contributed by atoms with E-state index in [1.807, 2.05) is 37.9 Å². The molecule has 2 aromatic carbocycles. The van der Waals surface area contributed by atoms with Gasteiger partial charge in [0.25, 0.3) is 5.91 Å². The molecule has 5 rings (SSSR count). The third-order valence-corrected chi connectivity index (χ3v) is 9.33. The Labute approximate surface area is 216 Å². The average Bonchev–Trinajstić information content (AvgIpc) is 3.67. The molecule has 0 saturated heterocycles. The lowest BCUT2D eigenvalue weighted by atomic mass is 9.93. The number of aryl methyl sites for hydroxylation is 2. The monoisotopic (exact) mass is 520 g/mol. The fraction of sp³-hybridized carbons (Fsp3) is 0.357. The zero-order valence-electron chi connectivity index (χ0n) is 21.3. The number of rotatable bonds is 9. The molecule has 0 aliphatic heterocycles. The van der Waals surface area contributed by atoms with Crippen LogP contribution in [0.25, 0.3) is 33.1 Å². The van der Waals surface area contributed by atoms with Crippen LogP contribution in [0.5, 0.6) is 0 Å². The zero-order chi connectivity index (χ0) is 26.3. The first-order valence-electron chi connectivity index (χ1n) is 12.5. The first-order chi connectivity index (χ1) is 17.7. The number of fused-ring (bicyclic) bond motifs is 3. The Morgan fingerprint density at radius 1 is 1.19 bits per heavy atom. The van der Waals surface area contributed by atoms with Crippen LogP contribution in [0.4, 0.5) is 0 Å². The van der Waals surface area contributed by atoms with E-state index >= 15 is 0 Å². The predicted octanol–water partition coefficient (Wildman–Crippen LogP) is 3.59. The standard InChI is InChI=1S/C28H32N4O4S/c1-17-13-24-25-23(19-5-4-6-21(14-19)37(35,36)20-7-8-20)15-22(18(2)26(25)31-27(24)30-16-17)28(34)29-9-10-32(3)11-12-33/h4-6,13-16,20,33H,7-12H2,1-3H3,(H,29,34)(H,30,31). The Kier molecular flexibility index (Phi) is 6.78. The summed E-state index contributed by atoms with van der Waals surface area (Å²) in [7, 11) is -1.48. The van der Waals surface area contributed by atoms with Gasteiger partial charge in [-0.15, -0.1) is 0 Å². The number of pyridine rings is 1. The second kappa shape index (κ2) is 9.89. The molecule has 0 spiro atoms. The van der Waals surface area contributed by atoms with Crippen molar-refractivity contribution in [2.24, 2.45) is 0 Å². The lowest BCUT2D eigenvalue weighted by Crippen LogP contribution is -2.34. The molecular formula is C28H32N4O4S. The quantitative estimate of drug-likeness (QED) is 0.311. The first kappa shape index (κ1) is 25.4. The summed E-state index contributed by atoms with van der Waals surface area (Å²) in [5, 5.41) is 13.6. The molecule has 3 N–H and O–H groups in total. The SMILES string of the molecule is Cc1cnc2[nH]c3c(C)c(C(=O)NCCN(C)CCO)cc(-c4cccc(S(=O)(=O)C5CC5)c4)c3c2c1. The van der Waals surface area contributed by atoms with Crippen LogP contribution >= 0.6 is 0 Å². The Morgan fingerprint density at radius 2 is 1.97 bits per heavy atom. The number of carbonyl (C=O) groups is 1. The number of aliphatic hydroxyl groups is 1. The van der Waals surface area contributed by atoms with Crippen LogP contribution in [-0.2, 0) is 9.84 Å². The topological polar surface area (TPSA) is 115 Å². The smallest absolute Gasteiger partial charge is 0.251 e. The molecule has 1 saturated carbocycles. The lowest BCUT2D eigenvalue weighted by molar-refractivity contribution is 0.0948. The van der Waals surface area contributed by atoms with E-state index in [4.69, 9.17) is 5.11 Å². The number of aromatic nitrogens is 2. The number of benzene rings is 2. The number of H-pyrrole nitrogens is 1. The van der Waals surface area contributed by atoms with Crippen molar-refractivity contribution in [2.75, 3.05) is 33.3 Å². The highest BCUT2D eigenvalue weighted by Crippen LogP contribution is 2.40. The summed E-state index contributed by atoms with van der Waals surface area (Å²) in [6.45, 7) is 5.53. The largest absolute Gasteiger partial charge is 0.395 e. The number of nitrogens with one attached hydrogen (secondary N) is 2. The normalized spacial score (nSPS) is 14.1. The Hall–Kier alpha value is -3.27. The summed E-state index contributed by atoms with van der Waals surface area (Å²) in [5.41, 5.74) is 5.39. The number of nitrogens with zero attached hydrogens (tertiary/aromatic N) is 2. The molecule has 0 radical (unpaired) electrons. The molecule has 37 heavy (non-hydrogen) atoms. The Morgan fingerprint density at radius 3 is 2.70 bits per heavy atom. The van der Waals surface area contributed by atoms with Gasteiger partial charge in [0.05, 0.1) is 22.3 Å². The first-order valence-corrected chi connectivity index (χ1v) is 14.1. The van der Waals surface area contributed by atoms with Gasteiger partial charge in [0, 0.05) is 42.2 Å². The van der Waals surface area contributed by atoms with E-state index in [-0.39, 0.29) is 17.8 Å². The van der Waals surface area contributed by atoms with Gasteiger partial charge in [0.1, 0.15) is 5.65 Å². The summed E-state index contributed by atoms with van der Waals surface area (Å²) < 4.78 is 26.0. The number of sulfone groups is 1. The van der Waals surface area contributed by atoms with Crippen LogP contribution < -0.4 is 5.32 Å². The Balaban J connectivity index is 1.64. The van der Waals surface area contributed by atoms with Gasteiger partial charge in [-0.05, 0) is 80.3 Å². The summed E-state index contributed by atoms with van der Waals surface area (Å²) >= 11 is 0. The van der Waals surface area contributed by atoms with Crippen molar-refractivity contribution in [2.45, 2.75) is 36.8 Å². The molecular weight excluding hydrogens is 488 g/mol. The van der Waals surface area contributed by atoms with Crippen molar-refractivity contribution >= 4 is 37.7 Å². The van der Waals surface area contributed by atoms with Crippen LogP contribution in [0.2, 0.25) is 0 Å². The average molecular weight is 521 g/mol. The second-order valence-electron chi connectivity index (χ2n) is 9.94. The number of likely N-dealkylation sites (N-methyl/N-ethyl adjacent to an activating group) is 1. The maximum atomic E-state index is 13.3. The van der Waals surface area contributed by atoms with E-state index in [1.54, 1.807) is 24.4 Å². The van der Waals surface area contributed by atoms with Crippen molar-refractivity contribution in [1.29, 1.82) is 0 Å². The predicted molar refractivity (Wildman–Crippen MR) is 146 cm³/mol. The molecule has 9 heteroatoms. The minimum Gasteiger partial charge on any atom is -0.395 e. The van der Waals surface area contributed by atoms with Gasteiger partial charge in [0.2, 0.25) is 0 Å². The molecule has 1 aliphatic rings. The van der Waals surface area contributed by atoms with Gasteiger partial charge in [-0.25, -0.2) is 13.4 Å². The van der Waals surface area contributed by atoms with Crippen LogP contribution in [0, 0.1) is 13.8 Å².